The van der Waals surface area contributed by atoms with E-state index < -0.39 is 0 Å². The molecule has 1 atom stereocenters. The van der Waals surface area contributed by atoms with Crippen molar-refractivity contribution in [3.63, 3.8) is 0 Å². The van der Waals surface area contributed by atoms with E-state index in [0.29, 0.717) is 29.7 Å². The van der Waals surface area contributed by atoms with Crippen LogP contribution in [-0.2, 0) is 9.53 Å². The average Bonchev–Trinajstić information content (AvgIpc) is 2.69. The third-order valence-corrected chi connectivity index (χ3v) is 4.62. The second-order valence-corrected chi connectivity index (χ2v) is 6.73. The van der Waals surface area contributed by atoms with Crippen molar-refractivity contribution in [1.29, 1.82) is 0 Å². The van der Waals surface area contributed by atoms with Crippen molar-refractivity contribution < 1.29 is 19.0 Å². The molecular formula is C22H26ClNO4. The molecule has 0 heterocycles. The molecule has 2 rings (SSSR count). The highest BCUT2D eigenvalue weighted by Crippen LogP contribution is 2.30. The molecule has 0 radical (unpaired) electrons. The van der Waals surface area contributed by atoms with Crippen molar-refractivity contribution in [2.24, 2.45) is 0 Å². The minimum atomic E-state index is -0.194. The molecule has 28 heavy (non-hydrogen) atoms. The van der Waals surface area contributed by atoms with Crippen LogP contribution >= 0.6 is 11.6 Å². The molecule has 0 saturated heterocycles. The van der Waals surface area contributed by atoms with Gasteiger partial charge in [0.15, 0.2) is 11.5 Å². The monoisotopic (exact) mass is 403 g/mol. The first-order chi connectivity index (χ1) is 13.4. The smallest absolute Gasteiger partial charge is 0.244 e. The van der Waals surface area contributed by atoms with Gasteiger partial charge < -0.3 is 19.5 Å². The Labute approximate surface area is 171 Å². The summed E-state index contributed by atoms with van der Waals surface area (Å²) in [4.78, 5) is 12.2. The molecule has 2 aromatic rings. The highest BCUT2D eigenvalue weighted by molar-refractivity contribution is 6.31. The average molecular weight is 404 g/mol. The highest BCUT2D eigenvalue weighted by atomic mass is 35.5. The van der Waals surface area contributed by atoms with Crippen molar-refractivity contribution in [1.82, 2.24) is 5.32 Å². The Balaban J connectivity index is 2.00. The molecule has 0 aliphatic heterocycles. The summed E-state index contributed by atoms with van der Waals surface area (Å²) in [7, 11) is 3.21. The van der Waals surface area contributed by atoms with Crippen LogP contribution in [0.1, 0.15) is 29.7 Å². The summed E-state index contributed by atoms with van der Waals surface area (Å²) in [6, 6.07) is 11.1. The van der Waals surface area contributed by atoms with Crippen LogP contribution in [0.15, 0.2) is 42.5 Å². The summed E-state index contributed by atoms with van der Waals surface area (Å²) in [6.07, 6.45) is 3.23. The van der Waals surface area contributed by atoms with Crippen LogP contribution in [0.3, 0.4) is 0 Å². The lowest BCUT2D eigenvalue weighted by atomic mass is 10.1. The van der Waals surface area contributed by atoms with Gasteiger partial charge in [-0.1, -0.05) is 29.8 Å². The van der Waals surface area contributed by atoms with Crippen molar-refractivity contribution >= 4 is 23.6 Å². The standard InChI is InChI=1S/C22H26ClNO4/c1-15-5-6-17(13-19(15)23)7-10-22(25)24-16(2)18-8-9-20(21(14-18)27-4)28-12-11-26-3/h5-10,13-14,16H,11-12H2,1-4H3,(H,24,25)/b10-7+. The Hall–Kier alpha value is -2.50. The number of amides is 1. The van der Waals surface area contributed by atoms with E-state index in [-0.39, 0.29) is 11.9 Å². The summed E-state index contributed by atoms with van der Waals surface area (Å²) < 4.78 is 16.0. The number of methoxy groups -OCH3 is 2. The van der Waals surface area contributed by atoms with Crippen LogP contribution < -0.4 is 14.8 Å². The Morgan fingerprint density at radius 2 is 1.93 bits per heavy atom. The number of benzene rings is 2. The fourth-order valence-electron chi connectivity index (χ4n) is 2.54. The number of hydrogen-bond acceptors (Lipinski definition) is 4. The number of halogens is 1. The van der Waals surface area contributed by atoms with Crippen molar-refractivity contribution in [2.45, 2.75) is 19.9 Å². The van der Waals surface area contributed by atoms with Crippen LogP contribution in [0, 0.1) is 6.92 Å². The molecule has 2 aromatic carbocycles. The molecule has 0 saturated carbocycles. The maximum Gasteiger partial charge on any atom is 0.244 e. The Morgan fingerprint density at radius 3 is 2.61 bits per heavy atom. The van der Waals surface area contributed by atoms with Gasteiger partial charge >= 0.3 is 0 Å². The zero-order valence-corrected chi connectivity index (χ0v) is 17.4. The highest BCUT2D eigenvalue weighted by Gasteiger charge is 2.12. The topological polar surface area (TPSA) is 56.8 Å². The number of rotatable bonds is 9. The van der Waals surface area contributed by atoms with Gasteiger partial charge in [-0.3, -0.25) is 4.79 Å². The van der Waals surface area contributed by atoms with E-state index in [9.17, 15) is 4.79 Å². The van der Waals surface area contributed by atoms with E-state index >= 15 is 0 Å². The minimum absolute atomic E-state index is 0.191. The lowest BCUT2D eigenvalue weighted by Crippen LogP contribution is -2.24. The molecular weight excluding hydrogens is 378 g/mol. The van der Waals surface area contributed by atoms with Crippen LogP contribution in [-0.4, -0.2) is 33.3 Å². The Bertz CT molecular complexity index is 835. The second kappa shape index (κ2) is 10.7. The van der Waals surface area contributed by atoms with Crippen molar-refractivity contribution in [3.8, 4) is 11.5 Å². The van der Waals surface area contributed by atoms with E-state index in [0.717, 1.165) is 16.7 Å². The molecule has 0 bridgehead atoms. The summed E-state index contributed by atoms with van der Waals surface area (Å²) in [5.74, 6) is 1.06. The van der Waals surface area contributed by atoms with Gasteiger partial charge in [0.2, 0.25) is 5.91 Å². The number of carbonyl (C=O) groups is 1. The van der Waals surface area contributed by atoms with Crippen molar-refractivity contribution in [3.05, 3.63) is 64.2 Å². The number of ether oxygens (including phenoxy) is 3. The zero-order valence-electron chi connectivity index (χ0n) is 16.6. The van der Waals surface area contributed by atoms with Crippen molar-refractivity contribution in [2.75, 3.05) is 27.4 Å². The van der Waals surface area contributed by atoms with Gasteiger partial charge in [0.05, 0.1) is 19.8 Å². The number of nitrogens with one attached hydrogen (secondary N) is 1. The predicted molar refractivity (Wildman–Crippen MR) is 112 cm³/mol. The lowest BCUT2D eigenvalue weighted by Gasteiger charge is -2.16. The Morgan fingerprint density at radius 1 is 1.14 bits per heavy atom. The van der Waals surface area contributed by atoms with Gasteiger partial charge in [-0.15, -0.1) is 0 Å². The van der Waals surface area contributed by atoms with Crippen LogP contribution in [0.25, 0.3) is 6.08 Å². The molecule has 0 aliphatic rings. The van der Waals surface area contributed by atoms with Gasteiger partial charge in [0.1, 0.15) is 6.61 Å². The SMILES string of the molecule is COCCOc1ccc(C(C)NC(=O)/C=C/c2ccc(C)c(Cl)c2)cc1OC. The van der Waals surface area contributed by atoms with Crippen LogP contribution in [0.2, 0.25) is 5.02 Å². The molecule has 1 N–H and O–H groups in total. The van der Waals surface area contributed by atoms with E-state index in [1.54, 1.807) is 20.3 Å². The lowest BCUT2D eigenvalue weighted by molar-refractivity contribution is -0.117. The number of hydrogen-bond donors (Lipinski definition) is 1. The minimum Gasteiger partial charge on any atom is -0.493 e. The normalized spacial score (nSPS) is 12.0. The first-order valence-corrected chi connectivity index (χ1v) is 9.36. The number of aryl methyl sites for hydroxylation is 1. The summed E-state index contributed by atoms with van der Waals surface area (Å²) in [5, 5.41) is 3.62. The van der Waals surface area contributed by atoms with Gasteiger partial charge in [-0.05, 0) is 54.8 Å². The predicted octanol–water partition coefficient (Wildman–Crippen LogP) is 4.57. The van der Waals surface area contributed by atoms with E-state index in [4.69, 9.17) is 25.8 Å². The molecule has 1 amide bonds. The number of carbonyl (C=O) groups excluding carboxylic acids is 1. The second-order valence-electron chi connectivity index (χ2n) is 6.32. The largest absolute Gasteiger partial charge is 0.493 e. The first-order valence-electron chi connectivity index (χ1n) is 8.99. The van der Waals surface area contributed by atoms with Crippen LogP contribution in [0.5, 0.6) is 11.5 Å². The molecule has 6 heteroatoms. The molecule has 0 spiro atoms. The zero-order chi connectivity index (χ0) is 20.5. The molecule has 1 unspecified atom stereocenters. The maximum absolute atomic E-state index is 12.2. The molecule has 0 aliphatic carbocycles. The van der Waals surface area contributed by atoms with Gasteiger partial charge in [-0.25, -0.2) is 0 Å². The Kier molecular flexibility index (Phi) is 8.36. The fraction of sp³-hybridized carbons (Fsp3) is 0.318. The third-order valence-electron chi connectivity index (χ3n) is 4.21. The van der Waals surface area contributed by atoms with Crippen LogP contribution in [0.4, 0.5) is 0 Å². The fourth-order valence-corrected chi connectivity index (χ4v) is 2.73. The third kappa shape index (κ3) is 6.29. The van der Waals surface area contributed by atoms with Gasteiger partial charge in [0.25, 0.3) is 0 Å². The first kappa shape index (κ1) is 21.8. The summed E-state index contributed by atoms with van der Waals surface area (Å²) in [5.41, 5.74) is 2.79. The molecule has 150 valence electrons. The van der Waals surface area contributed by atoms with Gasteiger partial charge in [-0.2, -0.15) is 0 Å². The van der Waals surface area contributed by atoms with E-state index in [1.165, 1.54) is 6.08 Å². The van der Waals surface area contributed by atoms with E-state index in [1.807, 2.05) is 50.2 Å². The van der Waals surface area contributed by atoms with Gasteiger partial charge in [0, 0.05) is 18.2 Å². The quantitative estimate of drug-likeness (QED) is 0.492. The van der Waals surface area contributed by atoms with E-state index in [2.05, 4.69) is 5.32 Å². The summed E-state index contributed by atoms with van der Waals surface area (Å²) in [6.45, 7) is 4.78. The molecule has 0 aromatic heterocycles. The summed E-state index contributed by atoms with van der Waals surface area (Å²) >= 11 is 6.11. The molecule has 5 nitrogen and oxygen atoms in total. The molecule has 0 fully saturated rings. The maximum atomic E-state index is 12.2.